The monoisotopic (exact) mass is 348 g/mol. The molecule has 0 unspecified atom stereocenters. The summed E-state index contributed by atoms with van der Waals surface area (Å²) in [6, 6.07) is 26.3. The van der Waals surface area contributed by atoms with Crippen LogP contribution in [0.25, 0.3) is 0 Å². The van der Waals surface area contributed by atoms with Gasteiger partial charge in [-0.25, -0.2) is 0 Å². The van der Waals surface area contributed by atoms with Crippen LogP contribution in [-0.2, 0) is 12.8 Å². The van der Waals surface area contributed by atoms with E-state index >= 15 is 0 Å². The van der Waals surface area contributed by atoms with E-state index in [-0.39, 0.29) is 0 Å². The van der Waals surface area contributed by atoms with E-state index in [0.29, 0.717) is 30.5 Å². The Morgan fingerprint density at radius 3 is 1.69 bits per heavy atom. The fourth-order valence-electron chi connectivity index (χ4n) is 2.75. The molecule has 0 saturated heterocycles. The highest BCUT2D eigenvalue weighted by Gasteiger charge is 2.12. The fourth-order valence-corrected chi connectivity index (χ4v) is 2.75. The number of hydrogen-bond acceptors (Lipinski definition) is 3. The number of para-hydroxylation sites is 1. The van der Waals surface area contributed by atoms with E-state index in [2.05, 4.69) is 24.3 Å². The van der Waals surface area contributed by atoms with Gasteiger partial charge in [0.25, 0.3) is 0 Å². The second-order valence-electron chi connectivity index (χ2n) is 5.96. The molecule has 0 saturated carbocycles. The minimum Gasteiger partial charge on any atom is -0.493 e. The van der Waals surface area contributed by atoms with Crippen molar-refractivity contribution in [3.8, 4) is 17.2 Å². The van der Waals surface area contributed by atoms with Gasteiger partial charge in [-0.05, 0) is 23.3 Å². The summed E-state index contributed by atoms with van der Waals surface area (Å²) in [5.41, 5.74) is 2.50. The molecule has 0 aromatic heterocycles. The molecule has 3 rings (SSSR count). The lowest BCUT2D eigenvalue weighted by atomic mass is 10.2. The Morgan fingerprint density at radius 1 is 0.577 bits per heavy atom. The third-order valence-electron chi connectivity index (χ3n) is 4.13. The van der Waals surface area contributed by atoms with Crippen LogP contribution in [0, 0.1) is 0 Å². The van der Waals surface area contributed by atoms with Gasteiger partial charge in [-0.3, -0.25) is 0 Å². The van der Waals surface area contributed by atoms with Gasteiger partial charge in [0.05, 0.1) is 20.3 Å². The molecule has 3 heteroatoms. The van der Waals surface area contributed by atoms with Crippen molar-refractivity contribution in [2.45, 2.75) is 12.8 Å². The Bertz CT molecular complexity index is 785. The molecule has 0 fully saturated rings. The van der Waals surface area contributed by atoms with E-state index in [1.807, 2.05) is 54.6 Å². The normalized spacial score (nSPS) is 10.3. The quantitative estimate of drug-likeness (QED) is 0.548. The highest BCUT2D eigenvalue weighted by Crippen LogP contribution is 2.37. The van der Waals surface area contributed by atoms with Crippen LogP contribution >= 0.6 is 0 Å². The van der Waals surface area contributed by atoms with E-state index in [0.717, 1.165) is 12.8 Å². The Labute approximate surface area is 155 Å². The third-order valence-corrected chi connectivity index (χ3v) is 4.13. The van der Waals surface area contributed by atoms with Crippen molar-refractivity contribution in [3.63, 3.8) is 0 Å². The van der Waals surface area contributed by atoms with Crippen molar-refractivity contribution in [1.29, 1.82) is 0 Å². The first-order valence-corrected chi connectivity index (χ1v) is 8.87. The van der Waals surface area contributed by atoms with Crippen molar-refractivity contribution < 1.29 is 14.2 Å². The van der Waals surface area contributed by atoms with Crippen LogP contribution in [0.4, 0.5) is 0 Å². The highest BCUT2D eigenvalue weighted by molar-refractivity contribution is 5.51. The summed E-state index contributed by atoms with van der Waals surface area (Å²) in [5.74, 6) is 2.07. The van der Waals surface area contributed by atoms with Crippen molar-refractivity contribution >= 4 is 0 Å². The summed E-state index contributed by atoms with van der Waals surface area (Å²) in [4.78, 5) is 0. The lowest BCUT2D eigenvalue weighted by Crippen LogP contribution is -2.07. The molecule has 26 heavy (non-hydrogen) atoms. The van der Waals surface area contributed by atoms with Crippen molar-refractivity contribution in [2.24, 2.45) is 0 Å². The average Bonchev–Trinajstić information content (AvgIpc) is 2.70. The molecule has 0 atom stereocenters. The largest absolute Gasteiger partial charge is 0.493 e. The molecule has 3 aromatic carbocycles. The lowest BCUT2D eigenvalue weighted by molar-refractivity contribution is 0.258. The van der Waals surface area contributed by atoms with Crippen LogP contribution in [0.3, 0.4) is 0 Å². The van der Waals surface area contributed by atoms with Gasteiger partial charge in [-0.2, -0.15) is 0 Å². The first-order chi connectivity index (χ1) is 12.9. The molecule has 0 bridgehead atoms. The molecular formula is C23H24O3. The maximum atomic E-state index is 6.02. The highest BCUT2D eigenvalue weighted by atomic mass is 16.5. The van der Waals surface area contributed by atoms with E-state index in [4.69, 9.17) is 14.2 Å². The maximum absolute atomic E-state index is 6.02. The molecule has 3 nitrogen and oxygen atoms in total. The molecular weight excluding hydrogens is 324 g/mol. The van der Waals surface area contributed by atoms with Gasteiger partial charge < -0.3 is 14.2 Å². The molecule has 0 spiro atoms. The van der Waals surface area contributed by atoms with Gasteiger partial charge in [0.2, 0.25) is 5.75 Å². The lowest BCUT2D eigenvalue weighted by Gasteiger charge is -2.16. The van der Waals surface area contributed by atoms with Crippen molar-refractivity contribution in [3.05, 3.63) is 90.0 Å². The Balaban J connectivity index is 1.61. The minimum absolute atomic E-state index is 0.569. The summed E-state index contributed by atoms with van der Waals surface area (Å²) in [5, 5.41) is 0. The van der Waals surface area contributed by atoms with Crippen LogP contribution in [0.1, 0.15) is 11.1 Å². The van der Waals surface area contributed by atoms with Crippen molar-refractivity contribution in [2.75, 3.05) is 20.3 Å². The van der Waals surface area contributed by atoms with Gasteiger partial charge in [-0.1, -0.05) is 66.7 Å². The van der Waals surface area contributed by atoms with Gasteiger partial charge >= 0.3 is 0 Å². The topological polar surface area (TPSA) is 27.7 Å². The maximum Gasteiger partial charge on any atom is 0.203 e. The molecule has 0 aliphatic rings. The van der Waals surface area contributed by atoms with Crippen LogP contribution in [0.2, 0.25) is 0 Å². The Morgan fingerprint density at radius 2 is 1.12 bits per heavy atom. The second kappa shape index (κ2) is 9.52. The molecule has 0 aliphatic heterocycles. The molecule has 0 aliphatic carbocycles. The molecule has 3 aromatic rings. The first-order valence-electron chi connectivity index (χ1n) is 8.87. The van der Waals surface area contributed by atoms with Gasteiger partial charge in [-0.15, -0.1) is 0 Å². The second-order valence-corrected chi connectivity index (χ2v) is 5.96. The predicted molar refractivity (Wildman–Crippen MR) is 104 cm³/mol. The number of hydrogen-bond donors (Lipinski definition) is 0. The SMILES string of the molecule is COc1cccc(OCCc2ccccc2)c1OCCc1ccccc1. The molecule has 0 N–H and O–H groups in total. The molecule has 0 radical (unpaired) electrons. The molecule has 0 amide bonds. The molecule has 0 heterocycles. The zero-order valence-corrected chi connectivity index (χ0v) is 15.1. The Kier molecular flexibility index (Phi) is 6.54. The van der Waals surface area contributed by atoms with Gasteiger partial charge in [0.15, 0.2) is 11.5 Å². The zero-order chi connectivity index (χ0) is 18.0. The van der Waals surface area contributed by atoms with Gasteiger partial charge in [0, 0.05) is 12.8 Å². The summed E-state index contributed by atoms with van der Waals surface area (Å²) < 4.78 is 17.4. The predicted octanol–water partition coefficient (Wildman–Crippen LogP) is 4.94. The summed E-state index contributed by atoms with van der Waals surface area (Å²) in [6.07, 6.45) is 1.68. The van der Waals surface area contributed by atoms with E-state index in [1.165, 1.54) is 11.1 Å². The third kappa shape index (κ3) is 5.03. The standard InChI is InChI=1S/C23H24O3/c1-24-21-13-8-14-22(25-17-15-19-9-4-2-5-10-19)23(21)26-18-16-20-11-6-3-7-12-20/h2-14H,15-18H2,1H3. The Hall–Kier alpha value is -2.94. The summed E-state index contributed by atoms with van der Waals surface area (Å²) in [6.45, 7) is 1.16. The summed E-state index contributed by atoms with van der Waals surface area (Å²) in [7, 11) is 1.65. The minimum atomic E-state index is 0.569. The van der Waals surface area contributed by atoms with E-state index < -0.39 is 0 Å². The number of ether oxygens (including phenoxy) is 3. The van der Waals surface area contributed by atoms with Crippen LogP contribution in [0.15, 0.2) is 78.9 Å². The van der Waals surface area contributed by atoms with Crippen LogP contribution in [0.5, 0.6) is 17.2 Å². The van der Waals surface area contributed by atoms with Crippen LogP contribution < -0.4 is 14.2 Å². The fraction of sp³-hybridized carbons (Fsp3) is 0.217. The average molecular weight is 348 g/mol. The van der Waals surface area contributed by atoms with E-state index in [1.54, 1.807) is 7.11 Å². The van der Waals surface area contributed by atoms with Gasteiger partial charge in [0.1, 0.15) is 0 Å². The zero-order valence-electron chi connectivity index (χ0n) is 15.1. The van der Waals surface area contributed by atoms with Crippen LogP contribution in [-0.4, -0.2) is 20.3 Å². The number of benzene rings is 3. The summed E-state index contributed by atoms with van der Waals surface area (Å²) >= 11 is 0. The first kappa shape index (κ1) is 17.9. The molecule has 134 valence electrons. The van der Waals surface area contributed by atoms with Crippen molar-refractivity contribution in [1.82, 2.24) is 0 Å². The van der Waals surface area contributed by atoms with E-state index in [9.17, 15) is 0 Å². The smallest absolute Gasteiger partial charge is 0.203 e. The number of rotatable bonds is 9. The number of methoxy groups -OCH3 is 1.